The molecule has 6 nitrogen and oxygen atoms in total. The zero-order valence-electron chi connectivity index (χ0n) is 15.8. The van der Waals surface area contributed by atoms with Crippen LogP contribution in [0.15, 0.2) is 36.4 Å². The average molecular weight is 368 g/mol. The summed E-state index contributed by atoms with van der Waals surface area (Å²) in [6, 6.07) is 11.6. The molecule has 27 heavy (non-hydrogen) atoms. The Morgan fingerprint density at radius 2 is 1.81 bits per heavy atom. The van der Waals surface area contributed by atoms with Crippen LogP contribution in [0.3, 0.4) is 0 Å². The zero-order valence-corrected chi connectivity index (χ0v) is 15.8. The van der Waals surface area contributed by atoms with Crippen LogP contribution in [0.1, 0.15) is 34.8 Å². The number of rotatable bonds is 5. The van der Waals surface area contributed by atoms with E-state index in [1.54, 1.807) is 12.1 Å². The second-order valence-electron chi connectivity index (χ2n) is 6.62. The van der Waals surface area contributed by atoms with Gasteiger partial charge in [-0.25, -0.2) is 0 Å². The zero-order chi connectivity index (χ0) is 19.4. The summed E-state index contributed by atoms with van der Waals surface area (Å²) in [7, 11) is 2.98. The Hall–Kier alpha value is -3.02. The van der Waals surface area contributed by atoms with Gasteiger partial charge >= 0.3 is 0 Å². The third-order valence-electron chi connectivity index (χ3n) is 4.73. The maximum atomic E-state index is 12.8. The van der Waals surface area contributed by atoms with Crippen molar-refractivity contribution in [3.63, 3.8) is 0 Å². The van der Waals surface area contributed by atoms with Gasteiger partial charge in [0.15, 0.2) is 11.5 Å². The van der Waals surface area contributed by atoms with Gasteiger partial charge in [0.25, 0.3) is 5.91 Å². The third-order valence-corrected chi connectivity index (χ3v) is 4.73. The van der Waals surface area contributed by atoms with Gasteiger partial charge in [-0.2, -0.15) is 0 Å². The molecule has 3 rings (SSSR count). The van der Waals surface area contributed by atoms with Crippen molar-refractivity contribution in [1.82, 2.24) is 5.32 Å². The van der Waals surface area contributed by atoms with Crippen molar-refractivity contribution in [2.24, 2.45) is 0 Å². The van der Waals surface area contributed by atoms with Crippen molar-refractivity contribution >= 4 is 17.5 Å². The molecule has 2 aromatic carbocycles. The summed E-state index contributed by atoms with van der Waals surface area (Å²) in [4.78, 5) is 24.3. The largest absolute Gasteiger partial charge is 0.493 e. The first-order valence-electron chi connectivity index (χ1n) is 8.93. The van der Waals surface area contributed by atoms with Gasteiger partial charge in [0.05, 0.1) is 19.9 Å². The Labute approximate surface area is 158 Å². The van der Waals surface area contributed by atoms with Gasteiger partial charge in [-0.1, -0.05) is 24.3 Å². The molecule has 1 aliphatic rings. The standard InChI is InChI=1S/C21H24N2O4/c1-13(24)22-18-11-16(12-19(26-2)20(18)27-3)21(25)23-17-9-8-14-6-4-5-7-15(14)10-17/h4-7,11-12,17H,8-10H2,1-3H3,(H,22,24)(H,23,25). The highest BCUT2D eigenvalue weighted by atomic mass is 16.5. The molecule has 0 saturated carbocycles. The van der Waals surface area contributed by atoms with Gasteiger partial charge in [-0.15, -0.1) is 0 Å². The number of hydrogen-bond acceptors (Lipinski definition) is 4. The minimum Gasteiger partial charge on any atom is -0.493 e. The number of fused-ring (bicyclic) bond motifs is 1. The van der Waals surface area contributed by atoms with E-state index in [0.717, 1.165) is 19.3 Å². The van der Waals surface area contributed by atoms with Crippen molar-refractivity contribution in [2.75, 3.05) is 19.5 Å². The smallest absolute Gasteiger partial charge is 0.251 e. The Kier molecular flexibility index (Phi) is 5.64. The number of amides is 2. The Morgan fingerprint density at radius 1 is 1.07 bits per heavy atom. The molecule has 1 atom stereocenters. The maximum absolute atomic E-state index is 12.8. The van der Waals surface area contributed by atoms with E-state index in [1.165, 1.54) is 32.3 Å². The number of hydrogen-bond donors (Lipinski definition) is 2. The van der Waals surface area contributed by atoms with Crippen LogP contribution in [-0.2, 0) is 17.6 Å². The minimum atomic E-state index is -0.253. The number of carbonyl (C=O) groups excluding carboxylic acids is 2. The van der Waals surface area contributed by atoms with E-state index in [4.69, 9.17) is 9.47 Å². The summed E-state index contributed by atoms with van der Waals surface area (Å²) >= 11 is 0. The number of aryl methyl sites for hydroxylation is 1. The number of carbonyl (C=O) groups is 2. The van der Waals surface area contributed by atoms with E-state index in [2.05, 4.69) is 22.8 Å². The van der Waals surface area contributed by atoms with Crippen molar-refractivity contribution in [3.8, 4) is 11.5 Å². The predicted molar refractivity (Wildman–Crippen MR) is 104 cm³/mol. The number of anilines is 1. The number of methoxy groups -OCH3 is 2. The van der Waals surface area contributed by atoms with Crippen molar-refractivity contribution < 1.29 is 19.1 Å². The van der Waals surface area contributed by atoms with Gasteiger partial charge < -0.3 is 20.1 Å². The molecule has 6 heteroatoms. The molecule has 0 bridgehead atoms. The second-order valence-corrected chi connectivity index (χ2v) is 6.62. The summed E-state index contributed by atoms with van der Waals surface area (Å²) in [6.07, 6.45) is 2.66. The number of benzene rings is 2. The molecule has 0 spiro atoms. The summed E-state index contributed by atoms with van der Waals surface area (Å²) in [5.74, 6) is 0.322. The van der Waals surface area contributed by atoms with Crippen LogP contribution in [0.25, 0.3) is 0 Å². The van der Waals surface area contributed by atoms with Gasteiger partial charge in [0.1, 0.15) is 0 Å². The van der Waals surface area contributed by atoms with E-state index < -0.39 is 0 Å². The molecule has 2 N–H and O–H groups in total. The molecule has 142 valence electrons. The van der Waals surface area contributed by atoms with Crippen LogP contribution in [-0.4, -0.2) is 32.1 Å². The van der Waals surface area contributed by atoms with Crippen LogP contribution >= 0.6 is 0 Å². The molecule has 1 aliphatic carbocycles. The van der Waals surface area contributed by atoms with Gasteiger partial charge in [-0.3, -0.25) is 9.59 Å². The van der Waals surface area contributed by atoms with E-state index in [0.29, 0.717) is 22.7 Å². The third kappa shape index (κ3) is 4.22. The summed E-state index contributed by atoms with van der Waals surface area (Å²) in [5.41, 5.74) is 3.45. The summed E-state index contributed by atoms with van der Waals surface area (Å²) < 4.78 is 10.7. The van der Waals surface area contributed by atoms with Gasteiger partial charge in [0.2, 0.25) is 5.91 Å². The molecule has 1 unspecified atom stereocenters. The number of ether oxygens (including phenoxy) is 2. The van der Waals surface area contributed by atoms with Gasteiger partial charge in [0, 0.05) is 18.5 Å². The molecule has 2 aromatic rings. The topological polar surface area (TPSA) is 76.7 Å². The SMILES string of the molecule is COc1cc(C(=O)NC2CCc3ccccc3C2)cc(NC(C)=O)c1OC. The lowest BCUT2D eigenvalue weighted by Crippen LogP contribution is -2.38. The lowest BCUT2D eigenvalue weighted by atomic mass is 9.88. The molecule has 0 heterocycles. The molecular formula is C21H24N2O4. The first-order valence-corrected chi connectivity index (χ1v) is 8.93. The molecule has 0 radical (unpaired) electrons. The fraction of sp³-hybridized carbons (Fsp3) is 0.333. The molecule has 0 aromatic heterocycles. The van der Waals surface area contributed by atoms with Gasteiger partial charge in [-0.05, 0) is 42.5 Å². The summed E-state index contributed by atoms with van der Waals surface area (Å²) in [6.45, 7) is 1.40. The van der Waals surface area contributed by atoms with E-state index in [-0.39, 0.29) is 17.9 Å². The van der Waals surface area contributed by atoms with E-state index in [1.807, 2.05) is 12.1 Å². The van der Waals surface area contributed by atoms with Crippen molar-refractivity contribution in [2.45, 2.75) is 32.2 Å². The highest BCUT2D eigenvalue weighted by Gasteiger charge is 2.22. The quantitative estimate of drug-likeness (QED) is 0.851. The second kappa shape index (κ2) is 8.12. The van der Waals surface area contributed by atoms with Crippen LogP contribution in [0, 0.1) is 0 Å². The fourth-order valence-corrected chi connectivity index (χ4v) is 3.47. The highest BCUT2D eigenvalue weighted by molar-refractivity contribution is 5.99. The van der Waals surface area contributed by atoms with Crippen LogP contribution in [0.4, 0.5) is 5.69 Å². The lowest BCUT2D eigenvalue weighted by molar-refractivity contribution is -0.114. The fourth-order valence-electron chi connectivity index (χ4n) is 3.47. The van der Waals surface area contributed by atoms with Crippen molar-refractivity contribution in [3.05, 3.63) is 53.1 Å². The lowest BCUT2D eigenvalue weighted by Gasteiger charge is -2.25. The Morgan fingerprint density at radius 3 is 2.48 bits per heavy atom. The molecule has 0 aliphatic heterocycles. The number of nitrogens with one attached hydrogen (secondary N) is 2. The van der Waals surface area contributed by atoms with E-state index >= 15 is 0 Å². The minimum absolute atomic E-state index is 0.0738. The average Bonchev–Trinajstić information content (AvgIpc) is 2.66. The van der Waals surface area contributed by atoms with Crippen LogP contribution < -0.4 is 20.1 Å². The predicted octanol–water partition coefficient (Wildman–Crippen LogP) is 2.95. The monoisotopic (exact) mass is 368 g/mol. The van der Waals surface area contributed by atoms with Crippen LogP contribution in [0.2, 0.25) is 0 Å². The Bertz CT molecular complexity index is 863. The first-order chi connectivity index (χ1) is 13.0. The molecular weight excluding hydrogens is 344 g/mol. The Balaban J connectivity index is 1.81. The molecule has 0 saturated heterocycles. The summed E-state index contributed by atoms with van der Waals surface area (Å²) in [5, 5.41) is 5.78. The molecule has 2 amide bonds. The van der Waals surface area contributed by atoms with Crippen molar-refractivity contribution in [1.29, 1.82) is 0 Å². The highest BCUT2D eigenvalue weighted by Crippen LogP contribution is 2.36. The molecule has 0 fully saturated rings. The normalized spacial score (nSPS) is 15.4. The first kappa shape index (κ1) is 18.8. The van der Waals surface area contributed by atoms with E-state index in [9.17, 15) is 9.59 Å². The maximum Gasteiger partial charge on any atom is 0.251 e. The van der Waals surface area contributed by atoms with Crippen LogP contribution in [0.5, 0.6) is 11.5 Å².